The topological polar surface area (TPSA) is 34.9 Å². The van der Waals surface area contributed by atoms with Gasteiger partial charge in [0.1, 0.15) is 11.6 Å². The van der Waals surface area contributed by atoms with Crippen molar-refractivity contribution in [3.63, 3.8) is 0 Å². The quantitative estimate of drug-likeness (QED) is 0.405. The number of hydrogen-bond donors (Lipinski definition) is 0. The van der Waals surface area contributed by atoms with Gasteiger partial charge in [-0.05, 0) is 54.1 Å². The average molecular weight is 410 g/mol. The van der Waals surface area contributed by atoms with Crippen LogP contribution in [0.1, 0.15) is 17.0 Å². The summed E-state index contributed by atoms with van der Waals surface area (Å²) in [4.78, 5) is 17.6. The van der Waals surface area contributed by atoms with Crippen LogP contribution in [0.15, 0.2) is 77.6 Å². The van der Waals surface area contributed by atoms with E-state index in [1.807, 2.05) is 0 Å². The molecular weight excluding hydrogens is 396 g/mol. The van der Waals surface area contributed by atoms with Crippen LogP contribution >= 0.6 is 0 Å². The van der Waals surface area contributed by atoms with Crippen molar-refractivity contribution in [2.24, 2.45) is 0 Å². The first-order valence-electron chi connectivity index (χ1n) is 8.96. The normalized spacial score (nSPS) is 12.0. The predicted molar refractivity (Wildman–Crippen MR) is 108 cm³/mol. The van der Waals surface area contributed by atoms with E-state index in [1.54, 1.807) is 36.4 Å². The highest BCUT2D eigenvalue weighted by atomic mass is 19.4. The zero-order valence-electron chi connectivity index (χ0n) is 15.4. The smallest absolute Gasteiger partial charge is 0.268 e. The molecule has 0 amide bonds. The van der Waals surface area contributed by atoms with Gasteiger partial charge in [0, 0.05) is 0 Å². The Morgan fingerprint density at radius 3 is 2.40 bits per heavy atom. The minimum Gasteiger partial charge on any atom is -0.268 e. The summed E-state index contributed by atoms with van der Waals surface area (Å²) in [6.07, 6.45) is -1.53. The summed E-state index contributed by atoms with van der Waals surface area (Å²) >= 11 is 0. The second-order valence-electron chi connectivity index (χ2n) is 6.56. The van der Waals surface area contributed by atoms with Crippen LogP contribution in [0.2, 0.25) is 0 Å². The van der Waals surface area contributed by atoms with E-state index < -0.39 is 23.1 Å². The molecule has 4 aromatic rings. The molecule has 0 saturated heterocycles. The second-order valence-corrected chi connectivity index (χ2v) is 6.56. The molecule has 0 bridgehead atoms. The SMILES string of the molecule is O=c1c2ccccc2nc(C=Cc2cccc(F)c2)n1-c1cccc(C(F)(F)F)c1. The first kappa shape index (κ1) is 19.6. The average Bonchev–Trinajstić information content (AvgIpc) is 2.72. The number of alkyl halides is 3. The second kappa shape index (κ2) is 7.59. The van der Waals surface area contributed by atoms with E-state index in [0.717, 1.165) is 16.7 Å². The Hall–Kier alpha value is -3.74. The maximum Gasteiger partial charge on any atom is 0.416 e. The highest BCUT2D eigenvalue weighted by molar-refractivity contribution is 5.80. The molecule has 0 atom stereocenters. The van der Waals surface area contributed by atoms with Gasteiger partial charge in [0.2, 0.25) is 0 Å². The van der Waals surface area contributed by atoms with Crippen LogP contribution in [0, 0.1) is 5.82 Å². The summed E-state index contributed by atoms with van der Waals surface area (Å²) in [6.45, 7) is 0. The molecule has 0 aliphatic carbocycles. The number of aromatic nitrogens is 2. The summed E-state index contributed by atoms with van der Waals surface area (Å²) < 4.78 is 54.2. The molecule has 3 nitrogen and oxygen atoms in total. The standard InChI is InChI=1S/C23H14F4N2O/c24-17-7-3-5-15(13-17)11-12-21-28-20-10-2-1-9-19(20)22(30)29(21)18-8-4-6-16(14-18)23(25,26)27/h1-14H. The summed E-state index contributed by atoms with van der Waals surface area (Å²) in [5.41, 5.74) is -0.413. The molecule has 4 rings (SSSR count). The highest BCUT2D eigenvalue weighted by Gasteiger charge is 2.30. The van der Waals surface area contributed by atoms with Crippen molar-refractivity contribution >= 4 is 23.1 Å². The van der Waals surface area contributed by atoms with Gasteiger partial charge in [0.15, 0.2) is 0 Å². The molecule has 0 aliphatic rings. The predicted octanol–water partition coefficient (Wildman–Crippen LogP) is 5.71. The van der Waals surface area contributed by atoms with Crippen LogP contribution in [-0.2, 0) is 6.18 Å². The lowest BCUT2D eigenvalue weighted by molar-refractivity contribution is -0.137. The Labute approximate surface area is 168 Å². The van der Waals surface area contributed by atoms with Crippen molar-refractivity contribution in [2.75, 3.05) is 0 Å². The van der Waals surface area contributed by atoms with E-state index >= 15 is 0 Å². The zero-order valence-corrected chi connectivity index (χ0v) is 15.4. The molecule has 0 unspecified atom stereocenters. The van der Waals surface area contributed by atoms with E-state index in [9.17, 15) is 22.4 Å². The fourth-order valence-electron chi connectivity index (χ4n) is 3.11. The fraction of sp³-hybridized carbons (Fsp3) is 0.0435. The first-order chi connectivity index (χ1) is 14.3. The van der Waals surface area contributed by atoms with Gasteiger partial charge in [0.25, 0.3) is 5.56 Å². The minimum absolute atomic E-state index is 0.0342. The number of hydrogen-bond acceptors (Lipinski definition) is 2. The van der Waals surface area contributed by atoms with Crippen LogP contribution in [0.4, 0.5) is 17.6 Å². The molecule has 0 spiro atoms. The minimum atomic E-state index is -4.55. The lowest BCUT2D eigenvalue weighted by atomic mass is 10.1. The Bertz CT molecular complexity index is 1320. The maximum absolute atomic E-state index is 13.5. The maximum atomic E-state index is 13.5. The molecule has 1 heterocycles. The molecule has 0 fully saturated rings. The van der Waals surface area contributed by atoms with E-state index in [0.29, 0.717) is 11.1 Å². The third-order valence-electron chi connectivity index (χ3n) is 4.51. The first-order valence-corrected chi connectivity index (χ1v) is 8.96. The zero-order chi connectivity index (χ0) is 21.3. The van der Waals surface area contributed by atoms with Crippen molar-refractivity contribution < 1.29 is 17.6 Å². The summed E-state index contributed by atoms with van der Waals surface area (Å²) in [6, 6.07) is 16.8. The molecule has 150 valence electrons. The van der Waals surface area contributed by atoms with Gasteiger partial charge in [-0.2, -0.15) is 13.2 Å². The molecule has 3 aromatic carbocycles. The van der Waals surface area contributed by atoms with Gasteiger partial charge < -0.3 is 0 Å². The van der Waals surface area contributed by atoms with Crippen LogP contribution in [0.25, 0.3) is 28.7 Å². The summed E-state index contributed by atoms with van der Waals surface area (Å²) in [7, 11) is 0. The van der Waals surface area contributed by atoms with Crippen LogP contribution in [0.5, 0.6) is 0 Å². The Balaban J connectivity index is 1.95. The van der Waals surface area contributed by atoms with E-state index in [-0.39, 0.29) is 16.9 Å². The van der Waals surface area contributed by atoms with Crippen molar-refractivity contribution in [3.05, 3.63) is 106 Å². The highest BCUT2D eigenvalue weighted by Crippen LogP contribution is 2.30. The van der Waals surface area contributed by atoms with Gasteiger partial charge in [-0.1, -0.05) is 36.4 Å². The molecule has 0 N–H and O–H groups in total. The number of rotatable bonds is 3. The number of benzene rings is 3. The Morgan fingerprint density at radius 1 is 0.867 bits per heavy atom. The van der Waals surface area contributed by atoms with Gasteiger partial charge in [0.05, 0.1) is 22.2 Å². The fourth-order valence-corrected chi connectivity index (χ4v) is 3.11. The summed E-state index contributed by atoms with van der Waals surface area (Å²) in [5, 5.41) is 0.276. The number of halogens is 4. The van der Waals surface area contributed by atoms with Crippen molar-refractivity contribution in [1.29, 1.82) is 0 Å². The molecule has 0 aliphatic heterocycles. The lowest BCUT2D eigenvalue weighted by Crippen LogP contribution is -2.22. The van der Waals surface area contributed by atoms with Crippen LogP contribution < -0.4 is 5.56 Å². The van der Waals surface area contributed by atoms with E-state index in [1.165, 1.54) is 36.4 Å². The van der Waals surface area contributed by atoms with Gasteiger partial charge in [-0.25, -0.2) is 9.37 Å². The summed E-state index contributed by atoms with van der Waals surface area (Å²) in [5.74, 6) is -0.304. The van der Waals surface area contributed by atoms with E-state index in [2.05, 4.69) is 4.98 Å². The largest absolute Gasteiger partial charge is 0.416 e. The van der Waals surface area contributed by atoms with Gasteiger partial charge >= 0.3 is 6.18 Å². The molecule has 7 heteroatoms. The molecule has 0 saturated carbocycles. The van der Waals surface area contributed by atoms with Crippen molar-refractivity contribution in [2.45, 2.75) is 6.18 Å². The van der Waals surface area contributed by atoms with Gasteiger partial charge in [-0.15, -0.1) is 0 Å². The van der Waals surface area contributed by atoms with Crippen LogP contribution in [0.3, 0.4) is 0 Å². The monoisotopic (exact) mass is 410 g/mol. The molecule has 0 radical (unpaired) electrons. The van der Waals surface area contributed by atoms with Gasteiger partial charge in [-0.3, -0.25) is 9.36 Å². The molecule has 30 heavy (non-hydrogen) atoms. The lowest BCUT2D eigenvalue weighted by Gasteiger charge is -2.14. The Kier molecular flexibility index (Phi) is 4.95. The van der Waals surface area contributed by atoms with Crippen LogP contribution in [-0.4, -0.2) is 9.55 Å². The van der Waals surface area contributed by atoms with E-state index in [4.69, 9.17) is 0 Å². The number of para-hydroxylation sites is 1. The molecular formula is C23H14F4N2O. The van der Waals surface area contributed by atoms with Crippen molar-refractivity contribution in [1.82, 2.24) is 9.55 Å². The third kappa shape index (κ3) is 3.87. The van der Waals surface area contributed by atoms with Crippen molar-refractivity contribution in [3.8, 4) is 5.69 Å². The Morgan fingerprint density at radius 2 is 1.63 bits per heavy atom. The molecule has 1 aromatic heterocycles. The third-order valence-corrected chi connectivity index (χ3v) is 4.51. The number of fused-ring (bicyclic) bond motifs is 1. The number of nitrogens with zero attached hydrogens (tertiary/aromatic N) is 2.